The molecule has 1 saturated heterocycles. The van der Waals surface area contributed by atoms with E-state index in [0.717, 1.165) is 0 Å². The molecule has 0 saturated carbocycles. The quantitative estimate of drug-likeness (QED) is 0.605. The molecule has 1 aliphatic rings. The van der Waals surface area contributed by atoms with E-state index in [1.807, 2.05) is 0 Å². The number of likely N-dealkylation sites (tertiary alicyclic amines) is 1. The van der Waals surface area contributed by atoms with E-state index < -0.39 is 17.8 Å². The number of nitrogens with one attached hydrogen (secondary N) is 1. The van der Waals surface area contributed by atoms with Crippen molar-refractivity contribution < 1.29 is 18.8 Å². The maximum absolute atomic E-state index is 14.0. The molecule has 1 aromatic heterocycles. The predicted molar refractivity (Wildman–Crippen MR) is 112 cm³/mol. The number of amides is 3. The van der Waals surface area contributed by atoms with Gasteiger partial charge in [0, 0.05) is 24.0 Å². The lowest BCUT2D eigenvalue weighted by Crippen LogP contribution is -2.58. The molecule has 31 heavy (non-hydrogen) atoms. The Morgan fingerprint density at radius 1 is 1.19 bits per heavy atom. The van der Waals surface area contributed by atoms with Gasteiger partial charge in [0.2, 0.25) is 11.8 Å². The summed E-state index contributed by atoms with van der Waals surface area (Å²) in [6, 6.07) is 10.9. The third-order valence-corrected chi connectivity index (χ3v) is 5.60. The molecule has 0 spiro atoms. The lowest BCUT2D eigenvalue weighted by molar-refractivity contribution is -0.148. The summed E-state index contributed by atoms with van der Waals surface area (Å²) in [5.41, 5.74) is 6.34. The number of halogens is 2. The lowest BCUT2D eigenvalue weighted by Gasteiger charge is -2.39. The van der Waals surface area contributed by atoms with Crippen molar-refractivity contribution in [3.8, 4) is 0 Å². The molecule has 2 heterocycles. The maximum Gasteiger partial charge on any atom is 0.269 e. The third kappa shape index (κ3) is 3.96. The number of benzene rings is 2. The van der Waals surface area contributed by atoms with Gasteiger partial charge in [0.05, 0.1) is 10.5 Å². The number of para-hydroxylation sites is 1. The van der Waals surface area contributed by atoms with Gasteiger partial charge >= 0.3 is 0 Å². The van der Waals surface area contributed by atoms with Gasteiger partial charge in [0.15, 0.2) is 5.69 Å². The van der Waals surface area contributed by atoms with Crippen LogP contribution < -0.4 is 11.1 Å². The van der Waals surface area contributed by atoms with Crippen LogP contribution in [0.2, 0.25) is 5.02 Å². The number of nitrogens with zero attached hydrogens (tertiary/aromatic N) is 3. The first kappa shape index (κ1) is 20.8. The molecular formula is C21H19ClFN5O3. The molecule has 2 aromatic carbocycles. The summed E-state index contributed by atoms with van der Waals surface area (Å²) in [5.74, 6) is -1.95. The normalized spacial score (nSPS) is 15.5. The van der Waals surface area contributed by atoms with Crippen LogP contribution in [0.4, 0.5) is 4.39 Å². The van der Waals surface area contributed by atoms with Crippen molar-refractivity contribution in [1.29, 1.82) is 0 Å². The van der Waals surface area contributed by atoms with E-state index in [0.29, 0.717) is 23.9 Å². The molecule has 0 radical (unpaired) electrons. The standard InChI is InChI=1S/C21H19ClFN5O3/c22-14-6-3-4-12(18(14)23)10-25-21(31)16-8-9-27(16)17(29)11-28-15-7-2-1-5-13(15)19(26-28)20(24)30/h1-7,16H,8-11H2,(H2,24,30)(H,25,31). The minimum Gasteiger partial charge on any atom is -0.364 e. The van der Waals surface area contributed by atoms with Crippen LogP contribution in [0.1, 0.15) is 22.5 Å². The fourth-order valence-corrected chi connectivity index (χ4v) is 3.79. The summed E-state index contributed by atoms with van der Waals surface area (Å²) in [5, 5.41) is 7.36. The average molecular weight is 444 g/mol. The highest BCUT2D eigenvalue weighted by Gasteiger charge is 2.37. The van der Waals surface area contributed by atoms with Crippen molar-refractivity contribution in [1.82, 2.24) is 20.0 Å². The number of fused-ring (bicyclic) bond motifs is 1. The van der Waals surface area contributed by atoms with Crippen LogP contribution in [-0.4, -0.2) is 45.0 Å². The van der Waals surface area contributed by atoms with Gasteiger partial charge in [-0.1, -0.05) is 41.9 Å². The predicted octanol–water partition coefficient (Wildman–Crippen LogP) is 1.84. The van der Waals surface area contributed by atoms with Gasteiger partial charge in [-0.3, -0.25) is 19.1 Å². The molecular weight excluding hydrogens is 425 g/mol. The Hall–Kier alpha value is -3.46. The molecule has 4 rings (SSSR count). The minimum absolute atomic E-state index is 0.0195. The number of rotatable bonds is 6. The summed E-state index contributed by atoms with van der Waals surface area (Å²) < 4.78 is 15.4. The first-order chi connectivity index (χ1) is 14.9. The number of nitrogens with two attached hydrogens (primary N) is 1. The first-order valence-electron chi connectivity index (χ1n) is 9.62. The molecule has 10 heteroatoms. The van der Waals surface area contributed by atoms with Crippen molar-refractivity contribution in [3.05, 3.63) is 64.6 Å². The molecule has 0 aliphatic carbocycles. The summed E-state index contributed by atoms with van der Waals surface area (Å²) >= 11 is 5.76. The fraction of sp³-hybridized carbons (Fsp3) is 0.238. The molecule has 1 fully saturated rings. The largest absolute Gasteiger partial charge is 0.364 e. The maximum atomic E-state index is 14.0. The second kappa shape index (κ2) is 8.35. The van der Waals surface area contributed by atoms with Gasteiger partial charge in [-0.05, 0) is 18.6 Å². The smallest absolute Gasteiger partial charge is 0.269 e. The highest BCUT2D eigenvalue weighted by atomic mass is 35.5. The van der Waals surface area contributed by atoms with Gasteiger partial charge in [-0.25, -0.2) is 4.39 Å². The Labute approximate surface area is 181 Å². The highest BCUT2D eigenvalue weighted by Crippen LogP contribution is 2.22. The van der Waals surface area contributed by atoms with Crippen molar-refractivity contribution in [2.24, 2.45) is 5.73 Å². The minimum atomic E-state index is -0.683. The summed E-state index contributed by atoms with van der Waals surface area (Å²) in [6.45, 7) is 0.250. The number of carbonyl (C=O) groups excluding carboxylic acids is 3. The number of carbonyl (C=O) groups is 3. The third-order valence-electron chi connectivity index (χ3n) is 5.30. The monoisotopic (exact) mass is 443 g/mol. The molecule has 3 N–H and O–H groups in total. The summed E-state index contributed by atoms with van der Waals surface area (Å²) in [6.07, 6.45) is 0.502. The molecule has 160 valence electrons. The van der Waals surface area contributed by atoms with Crippen LogP contribution in [0, 0.1) is 5.82 Å². The first-order valence-corrected chi connectivity index (χ1v) is 10.00. The van der Waals surface area contributed by atoms with Crippen LogP contribution in [-0.2, 0) is 22.7 Å². The zero-order valence-electron chi connectivity index (χ0n) is 16.3. The Kier molecular flexibility index (Phi) is 5.60. The van der Waals surface area contributed by atoms with Gasteiger partial charge in [0.25, 0.3) is 5.91 Å². The van der Waals surface area contributed by atoms with Crippen molar-refractivity contribution >= 4 is 40.2 Å². The van der Waals surface area contributed by atoms with Crippen LogP contribution in [0.3, 0.4) is 0 Å². The SMILES string of the molecule is NC(=O)c1nn(CC(=O)N2CCC2C(=O)NCc2cccc(Cl)c2F)c2ccccc12. The topological polar surface area (TPSA) is 110 Å². The van der Waals surface area contributed by atoms with E-state index in [1.54, 1.807) is 30.3 Å². The fourth-order valence-electron chi connectivity index (χ4n) is 3.59. The number of hydrogen-bond acceptors (Lipinski definition) is 4. The van der Waals surface area contributed by atoms with Crippen LogP contribution >= 0.6 is 11.6 Å². The number of hydrogen-bond donors (Lipinski definition) is 2. The zero-order chi connectivity index (χ0) is 22.1. The summed E-state index contributed by atoms with van der Waals surface area (Å²) in [7, 11) is 0. The number of aromatic nitrogens is 2. The van der Waals surface area contributed by atoms with E-state index in [1.165, 1.54) is 21.7 Å². The van der Waals surface area contributed by atoms with Crippen molar-refractivity contribution in [2.45, 2.75) is 25.6 Å². The second-order valence-electron chi connectivity index (χ2n) is 7.21. The molecule has 0 bridgehead atoms. The molecule has 1 aliphatic heterocycles. The van der Waals surface area contributed by atoms with E-state index in [-0.39, 0.29) is 41.2 Å². The Morgan fingerprint density at radius 3 is 2.68 bits per heavy atom. The summed E-state index contributed by atoms with van der Waals surface area (Å²) in [4.78, 5) is 38.4. The second-order valence-corrected chi connectivity index (χ2v) is 7.62. The lowest BCUT2D eigenvalue weighted by atomic mass is 10.0. The van der Waals surface area contributed by atoms with E-state index >= 15 is 0 Å². The average Bonchev–Trinajstić information content (AvgIpc) is 3.07. The van der Waals surface area contributed by atoms with E-state index in [4.69, 9.17) is 17.3 Å². The van der Waals surface area contributed by atoms with Crippen molar-refractivity contribution in [3.63, 3.8) is 0 Å². The van der Waals surface area contributed by atoms with Gasteiger partial charge in [0.1, 0.15) is 18.4 Å². The Balaban J connectivity index is 1.43. The van der Waals surface area contributed by atoms with Gasteiger partial charge in [-0.2, -0.15) is 5.10 Å². The van der Waals surface area contributed by atoms with Crippen LogP contribution in [0.25, 0.3) is 10.9 Å². The van der Waals surface area contributed by atoms with Crippen LogP contribution in [0.15, 0.2) is 42.5 Å². The number of primary amides is 1. The Bertz CT molecular complexity index is 1190. The van der Waals surface area contributed by atoms with Crippen LogP contribution in [0.5, 0.6) is 0 Å². The van der Waals surface area contributed by atoms with Gasteiger partial charge in [-0.15, -0.1) is 0 Å². The molecule has 8 nitrogen and oxygen atoms in total. The highest BCUT2D eigenvalue weighted by molar-refractivity contribution is 6.30. The van der Waals surface area contributed by atoms with E-state index in [9.17, 15) is 18.8 Å². The molecule has 3 aromatic rings. The molecule has 3 amide bonds. The molecule has 1 atom stereocenters. The molecule has 1 unspecified atom stereocenters. The zero-order valence-corrected chi connectivity index (χ0v) is 17.1. The van der Waals surface area contributed by atoms with Gasteiger partial charge < -0.3 is 16.0 Å². The van der Waals surface area contributed by atoms with E-state index in [2.05, 4.69) is 10.4 Å². The Morgan fingerprint density at radius 2 is 1.97 bits per heavy atom. The van der Waals surface area contributed by atoms with Crippen molar-refractivity contribution in [2.75, 3.05) is 6.54 Å².